The average Bonchev–Trinajstić information content (AvgIpc) is 3.27. The molecule has 0 saturated heterocycles. The maximum atomic E-state index is 11.5. The summed E-state index contributed by atoms with van der Waals surface area (Å²) in [5.41, 5.74) is 1.93. The van der Waals surface area contributed by atoms with Gasteiger partial charge in [0, 0.05) is 11.4 Å². The van der Waals surface area contributed by atoms with Gasteiger partial charge in [0.15, 0.2) is 0 Å². The second-order valence-corrected chi connectivity index (χ2v) is 6.58. The molecule has 2 aliphatic rings. The van der Waals surface area contributed by atoms with Gasteiger partial charge >= 0.3 is 5.24 Å². The third-order valence-corrected chi connectivity index (χ3v) is 4.76. The van der Waals surface area contributed by atoms with E-state index in [0.717, 1.165) is 17.0 Å². The van der Waals surface area contributed by atoms with Crippen molar-refractivity contribution in [3.05, 3.63) is 59.0 Å². The monoisotopic (exact) mass is 345 g/mol. The maximum absolute atomic E-state index is 11.5. The van der Waals surface area contributed by atoms with Gasteiger partial charge in [-0.1, -0.05) is 35.5 Å². The van der Waals surface area contributed by atoms with E-state index in [1.165, 1.54) is 11.8 Å². The van der Waals surface area contributed by atoms with Crippen LogP contribution in [0.3, 0.4) is 0 Å². The van der Waals surface area contributed by atoms with Crippen molar-refractivity contribution < 1.29 is 9.21 Å². The van der Waals surface area contributed by atoms with E-state index in [-0.39, 0.29) is 11.3 Å². The van der Waals surface area contributed by atoms with Gasteiger partial charge in [0.25, 0.3) is 0 Å². The number of aliphatic imine (C=N–C) groups is 1. The fraction of sp³-hybridized carbons (Fsp3) is 0.188. The highest BCUT2D eigenvalue weighted by molar-refractivity contribution is 8.14. The second kappa shape index (κ2) is 5.86. The number of halogens is 1. The fourth-order valence-corrected chi connectivity index (χ4v) is 3.43. The lowest BCUT2D eigenvalue weighted by molar-refractivity contribution is 0.267. The van der Waals surface area contributed by atoms with Crippen molar-refractivity contribution in [3.63, 3.8) is 0 Å². The Kier molecular flexibility index (Phi) is 3.71. The van der Waals surface area contributed by atoms with Crippen LogP contribution in [0.5, 0.6) is 0 Å². The maximum Gasteiger partial charge on any atom is 0.307 e. The number of benzene rings is 1. The van der Waals surface area contributed by atoms with E-state index in [0.29, 0.717) is 23.0 Å². The smallest absolute Gasteiger partial charge is 0.307 e. The lowest BCUT2D eigenvalue weighted by Gasteiger charge is -2.20. The number of amidine groups is 1. The van der Waals surface area contributed by atoms with Crippen LogP contribution in [0.1, 0.15) is 23.8 Å². The van der Waals surface area contributed by atoms with Gasteiger partial charge in [-0.2, -0.15) is 10.1 Å². The molecule has 1 amide bonds. The molecule has 5 nitrogen and oxygen atoms in total. The lowest BCUT2D eigenvalue weighted by atomic mass is 10.0. The first-order valence-electron chi connectivity index (χ1n) is 7.11. The predicted octanol–water partition coefficient (Wildman–Crippen LogP) is 4.35. The van der Waals surface area contributed by atoms with Crippen LogP contribution in [0.25, 0.3) is 0 Å². The number of furan rings is 1. The van der Waals surface area contributed by atoms with E-state index in [9.17, 15) is 4.79 Å². The number of nitrogens with zero attached hydrogens (tertiary/aromatic N) is 3. The van der Waals surface area contributed by atoms with Gasteiger partial charge in [0.2, 0.25) is 0 Å². The Bertz CT molecular complexity index is 799. The number of thioether (sulfide) groups is 1. The molecule has 0 unspecified atom stereocenters. The predicted molar refractivity (Wildman–Crippen MR) is 91.2 cm³/mol. The molecule has 0 spiro atoms. The van der Waals surface area contributed by atoms with Gasteiger partial charge in [0.05, 0.1) is 17.7 Å². The van der Waals surface area contributed by atoms with Crippen LogP contribution < -0.4 is 0 Å². The van der Waals surface area contributed by atoms with Crippen molar-refractivity contribution >= 4 is 40.1 Å². The normalized spacial score (nSPS) is 20.8. The summed E-state index contributed by atoms with van der Waals surface area (Å²) in [6.07, 6.45) is 2.33. The number of hydrogen-bond donors (Lipinski definition) is 0. The molecule has 0 bridgehead atoms. The minimum absolute atomic E-state index is 0.0825. The molecule has 0 fully saturated rings. The fourth-order valence-electron chi connectivity index (χ4n) is 2.68. The summed E-state index contributed by atoms with van der Waals surface area (Å²) in [5, 5.41) is 7.01. The van der Waals surface area contributed by atoms with Gasteiger partial charge in [-0.25, -0.2) is 5.01 Å². The van der Waals surface area contributed by atoms with E-state index in [1.54, 1.807) is 11.3 Å². The highest BCUT2D eigenvalue weighted by Crippen LogP contribution is 2.35. The zero-order valence-corrected chi connectivity index (χ0v) is 13.5. The Labute approximate surface area is 142 Å². The van der Waals surface area contributed by atoms with Crippen molar-refractivity contribution in [2.75, 3.05) is 5.75 Å². The first-order valence-corrected chi connectivity index (χ1v) is 8.47. The van der Waals surface area contributed by atoms with Crippen molar-refractivity contribution in [2.24, 2.45) is 10.1 Å². The second-order valence-electron chi connectivity index (χ2n) is 5.22. The quantitative estimate of drug-likeness (QED) is 0.812. The molecule has 0 radical (unpaired) electrons. The summed E-state index contributed by atoms with van der Waals surface area (Å²) in [4.78, 5) is 15.5. The molecule has 0 saturated carbocycles. The Morgan fingerprint density at radius 1 is 1.26 bits per heavy atom. The molecule has 0 N–H and O–H groups in total. The highest BCUT2D eigenvalue weighted by Gasteiger charge is 2.35. The molecule has 116 valence electrons. The zero-order valence-electron chi connectivity index (χ0n) is 12.0. The SMILES string of the molecule is O=C1N=C(N2N=C(c3ccc(Cl)cc3)C[C@H]2c2ccco2)CS1. The highest BCUT2D eigenvalue weighted by atomic mass is 35.5. The summed E-state index contributed by atoms with van der Waals surface area (Å²) >= 11 is 7.14. The third kappa shape index (κ3) is 2.80. The minimum atomic E-state index is -0.173. The number of rotatable bonds is 2. The summed E-state index contributed by atoms with van der Waals surface area (Å²) in [6, 6.07) is 11.3. The van der Waals surface area contributed by atoms with Gasteiger partial charge in [0.1, 0.15) is 17.6 Å². The molecule has 3 heterocycles. The van der Waals surface area contributed by atoms with Crippen molar-refractivity contribution in [2.45, 2.75) is 12.5 Å². The Morgan fingerprint density at radius 3 is 2.74 bits per heavy atom. The topological polar surface area (TPSA) is 58.2 Å². The molecule has 1 atom stereocenters. The van der Waals surface area contributed by atoms with E-state index < -0.39 is 0 Å². The Balaban J connectivity index is 1.70. The third-order valence-electron chi connectivity index (χ3n) is 3.77. The van der Waals surface area contributed by atoms with Gasteiger partial charge in [-0.15, -0.1) is 0 Å². The van der Waals surface area contributed by atoms with Gasteiger partial charge < -0.3 is 4.42 Å². The average molecular weight is 346 g/mol. The number of carbonyl (C=O) groups is 1. The molecule has 2 aromatic rings. The van der Waals surface area contributed by atoms with Crippen molar-refractivity contribution in [3.8, 4) is 0 Å². The standard InChI is InChI=1S/C16H12ClN3O2S/c17-11-5-3-10(4-6-11)12-8-13(14-2-1-7-22-14)20(19-12)15-9-23-16(21)18-15/h1-7,13H,8-9H2/t13-/m0/s1. The lowest BCUT2D eigenvalue weighted by Crippen LogP contribution is -2.27. The molecular formula is C16H12ClN3O2S. The van der Waals surface area contributed by atoms with E-state index in [1.807, 2.05) is 36.4 Å². The Hall–Kier alpha value is -2.05. The van der Waals surface area contributed by atoms with Crippen molar-refractivity contribution in [1.82, 2.24) is 5.01 Å². The molecular weight excluding hydrogens is 334 g/mol. The number of hydrazone groups is 1. The van der Waals surface area contributed by atoms with E-state index >= 15 is 0 Å². The minimum Gasteiger partial charge on any atom is -0.467 e. The number of hydrogen-bond acceptors (Lipinski definition) is 5. The van der Waals surface area contributed by atoms with Crippen LogP contribution in [0.4, 0.5) is 4.79 Å². The van der Waals surface area contributed by atoms with Crippen LogP contribution >= 0.6 is 23.4 Å². The van der Waals surface area contributed by atoms with Gasteiger partial charge in [-0.3, -0.25) is 4.79 Å². The van der Waals surface area contributed by atoms with Crippen LogP contribution in [0, 0.1) is 0 Å². The Morgan fingerprint density at radius 2 is 2.09 bits per heavy atom. The van der Waals surface area contributed by atoms with Crippen LogP contribution in [0.15, 0.2) is 57.2 Å². The summed E-state index contributed by atoms with van der Waals surface area (Å²) in [6.45, 7) is 0. The molecule has 7 heteroatoms. The molecule has 2 aliphatic heterocycles. The first-order chi connectivity index (χ1) is 11.2. The molecule has 1 aromatic carbocycles. The van der Waals surface area contributed by atoms with Crippen LogP contribution in [-0.4, -0.2) is 27.5 Å². The number of amides is 1. The molecule has 1 aromatic heterocycles. The summed E-state index contributed by atoms with van der Waals surface area (Å²) < 4.78 is 5.55. The summed E-state index contributed by atoms with van der Waals surface area (Å²) in [5.74, 6) is 2.02. The van der Waals surface area contributed by atoms with E-state index in [2.05, 4.69) is 4.99 Å². The van der Waals surface area contributed by atoms with Crippen molar-refractivity contribution in [1.29, 1.82) is 0 Å². The largest absolute Gasteiger partial charge is 0.467 e. The zero-order chi connectivity index (χ0) is 15.8. The number of carbonyl (C=O) groups excluding carboxylic acids is 1. The summed E-state index contributed by atoms with van der Waals surface area (Å²) in [7, 11) is 0. The first kappa shape index (κ1) is 14.5. The van der Waals surface area contributed by atoms with Crippen LogP contribution in [0.2, 0.25) is 5.02 Å². The van der Waals surface area contributed by atoms with Gasteiger partial charge in [-0.05, 0) is 29.8 Å². The van der Waals surface area contributed by atoms with E-state index in [4.69, 9.17) is 21.1 Å². The molecule has 23 heavy (non-hydrogen) atoms. The van der Waals surface area contributed by atoms with Crippen LogP contribution in [-0.2, 0) is 0 Å². The molecule has 4 rings (SSSR count). The molecule has 0 aliphatic carbocycles.